The second kappa shape index (κ2) is 11.5. The molecule has 62 valence electrons. The molecule has 0 aliphatic rings. The third kappa shape index (κ3) is 10.7. The van der Waals surface area contributed by atoms with Crippen molar-refractivity contribution in [3.05, 3.63) is 11.6 Å². The summed E-state index contributed by atoms with van der Waals surface area (Å²) in [4.78, 5) is 0. The third-order valence-corrected chi connectivity index (χ3v) is 1.20. The molecule has 0 N–H and O–H groups in total. The Morgan fingerprint density at radius 3 is 2.00 bits per heavy atom. The first-order valence-corrected chi connectivity index (χ1v) is 4.46. The highest BCUT2D eigenvalue weighted by Gasteiger charge is 1.82. The van der Waals surface area contributed by atoms with Gasteiger partial charge in [-0.1, -0.05) is 45.8 Å². The van der Waals surface area contributed by atoms with Crippen LogP contribution in [0.2, 0.25) is 0 Å². The molecule has 10 heavy (non-hydrogen) atoms. The van der Waals surface area contributed by atoms with Gasteiger partial charge in [-0.2, -0.15) is 0 Å². The second-order valence-corrected chi connectivity index (χ2v) is 2.21. The van der Waals surface area contributed by atoms with Crippen LogP contribution in [0.25, 0.3) is 0 Å². The van der Waals surface area contributed by atoms with Crippen molar-refractivity contribution in [2.75, 3.05) is 0 Å². The Hall–Kier alpha value is -0.260. The van der Waals surface area contributed by atoms with Gasteiger partial charge in [-0.15, -0.1) is 0 Å². The lowest BCUT2D eigenvalue weighted by Gasteiger charge is -1.93. The summed E-state index contributed by atoms with van der Waals surface area (Å²) in [6.45, 7) is 10.6. The fourth-order valence-electron chi connectivity index (χ4n) is 0.845. The first kappa shape index (κ1) is 12.4. The zero-order valence-electron chi connectivity index (χ0n) is 8.20. The van der Waals surface area contributed by atoms with Gasteiger partial charge in [0, 0.05) is 0 Å². The Labute approximate surface area is 66.3 Å². The molecule has 0 bridgehead atoms. The van der Waals surface area contributed by atoms with E-state index in [0.29, 0.717) is 0 Å². The molecule has 0 heterocycles. The van der Waals surface area contributed by atoms with Crippen LogP contribution in [0, 0.1) is 0 Å². The predicted octanol–water partition coefficient (Wildman–Crippen LogP) is 4.17. The van der Waals surface area contributed by atoms with Gasteiger partial charge in [-0.25, -0.2) is 0 Å². The van der Waals surface area contributed by atoms with E-state index in [9.17, 15) is 0 Å². The lowest BCUT2D eigenvalue weighted by atomic mass is 10.1. The minimum absolute atomic E-state index is 1.19. The lowest BCUT2D eigenvalue weighted by molar-refractivity contribution is 0.896. The van der Waals surface area contributed by atoms with Crippen molar-refractivity contribution in [1.29, 1.82) is 0 Å². The molecule has 0 spiro atoms. The summed E-state index contributed by atoms with van der Waals surface area (Å²) in [7, 11) is 0. The van der Waals surface area contributed by atoms with E-state index in [1.165, 1.54) is 24.8 Å². The molecule has 0 aromatic carbocycles. The van der Waals surface area contributed by atoms with Crippen LogP contribution >= 0.6 is 0 Å². The average molecular weight is 142 g/mol. The monoisotopic (exact) mass is 142 g/mol. The summed E-state index contributed by atoms with van der Waals surface area (Å²) >= 11 is 0. The highest BCUT2D eigenvalue weighted by molar-refractivity contribution is 4.96. The van der Waals surface area contributed by atoms with E-state index in [2.05, 4.69) is 26.8 Å². The van der Waals surface area contributed by atoms with Crippen LogP contribution in [-0.2, 0) is 0 Å². The molecule has 0 saturated carbocycles. The van der Waals surface area contributed by atoms with Gasteiger partial charge in [0.25, 0.3) is 0 Å². The van der Waals surface area contributed by atoms with Crippen molar-refractivity contribution in [2.45, 2.75) is 53.9 Å². The van der Waals surface area contributed by atoms with Gasteiger partial charge in [0.2, 0.25) is 0 Å². The van der Waals surface area contributed by atoms with Crippen LogP contribution in [0.1, 0.15) is 53.9 Å². The van der Waals surface area contributed by atoms with E-state index >= 15 is 0 Å². The third-order valence-electron chi connectivity index (χ3n) is 1.20. The average Bonchev–Trinajstić information content (AvgIpc) is 1.93. The maximum atomic E-state index is 2.30. The molecule has 0 heteroatoms. The Balaban J connectivity index is 0. The maximum Gasteiger partial charge on any atom is -0.0326 e. The Morgan fingerprint density at radius 1 is 1.20 bits per heavy atom. The van der Waals surface area contributed by atoms with E-state index in [1.54, 1.807) is 0 Å². The highest BCUT2D eigenvalue weighted by atomic mass is 13.9. The van der Waals surface area contributed by atoms with E-state index in [0.717, 1.165) is 0 Å². The number of hydrogen-bond acceptors (Lipinski definition) is 0. The fourth-order valence-corrected chi connectivity index (χ4v) is 0.845. The van der Waals surface area contributed by atoms with Crippen LogP contribution in [0.15, 0.2) is 11.6 Å². The Bertz CT molecular complexity index is 70.1. The molecule has 0 atom stereocenters. The van der Waals surface area contributed by atoms with Gasteiger partial charge in [0.1, 0.15) is 0 Å². The first-order valence-electron chi connectivity index (χ1n) is 4.46. The van der Waals surface area contributed by atoms with Crippen LogP contribution in [0.5, 0.6) is 0 Å². The highest BCUT2D eigenvalue weighted by Crippen LogP contribution is 2.02. The smallest absolute Gasteiger partial charge is 0.0326 e. The Kier molecular flexibility index (Phi) is 14.3. The molecule has 0 fully saturated rings. The van der Waals surface area contributed by atoms with Gasteiger partial charge >= 0.3 is 0 Å². The summed E-state index contributed by atoms with van der Waals surface area (Å²) in [6, 6.07) is 0. The molecule has 0 unspecified atom stereocenters. The summed E-state index contributed by atoms with van der Waals surface area (Å²) in [6.07, 6.45) is 6.03. The van der Waals surface area contributed by atoms with Gasteiger partial charge < -0.3 is 0 Å². The number of hydrogen-bond donors (Lipinski definition) is 0. The van der Waals surface area contributed by atoms with E-state index < -0.39 is 0 Å². The first-order chi connectivity index (χ1) is 4.81. The van der Waals surface area contributed by atoms with Crippen molar-refractivity contribution in [3.63, 3.8) is 0 Å². The topological polar surface area (TPSA) is 0 Å². The summed E-state index contributed by atoms with van der Waals surface area (Å²) in [5, 5.41) is 0. The quantitative estimate of drug-likeness (QED) is 0.519. The molecule has 0 radical (unpaired) electrons. The van der Waals surface area contributed by atoms with Gasteiger partial charge in [-0.05, 0) is 19.8 Å². The van der Waals surface area contributed by atoms with Crippen LogP contribution in [0.3, 0.4) is 0 Å². The number of rotatable bonds is 3. The summed E-state index contributed by atoms with van der Waals surface area (Å²) < 4.78 is 0. The van der Waals surface area contributed by atoms with Gasteiger partial charge in [0.05, 0.1) is 0 Å². The zero-order chi connectivity index (χ0) is 8.41. The Morgan fingerprint density at radius 2 is 1.70 bits per heavy atom. The van der Waals surface area contributed by atoms with Crippen molar-refractivity contribution in [3.8, 4) is 0 Å². The van der Waals surface area contributed by atoms with E-state index in [1.807, 2.05) is 13.8 Å². The van der Waals surface area contributed by atoms with Crippen molar-refractivity contribution in [1.82, 2.24) is 0 Å². The molecule has 0 amide bonds. The van der Waals surface area contributed by atoms with Crippen LogP contribution < -0.4 is 0 Å². The lowest BCUT2D eigenvalue weighted by Crippen LogP contribution is -1.72. The van der Waals surface area contributed by atoms with Gasteiger partial charge in [0.15, 0.2) is 0 Å². The SMILES string of the molecule is CC.CC/C=C(\C)CCC. The zero-order valence-corrected chi connectivity index (χ0v) is 8.20. The molecule has 0 aromatic heterocycles. The maximum absolute atomic E-state index is 2.30. The van der Waals surface area contributed by atoms with E-state index in [-0.39, 0.29) is 0 Å². The molecule has 0 aromatic rings. The van der Waals surface area contributed by atoms with Crippen molar-refractivity contribution in [2.24, 2.45) is 0 Å². The van der Waals surface area contributed by atoms with E-state index in [4.69, 9.17) is 0 Å². The minimum Gasteiger partial charge on any atom is -0.0859 e. The standard InChI is InChI=1S/C8H16.C2H6/c1-4-6-8(3)7-5-2;1-2/h6H,4-5,7H2,1-3H3;1-2H3/b8-6+;. The molecule has 0 aliphatic carbocycles. The normalized spacial score (nSPS) is 10.3. The molecule has 0 rings (SSSR count). The summed E-state index contributed by atoms with van der Waals surface area (Å²) in [5.74, 6) is 0. The molecular formula is C10H22. The number of allylic oxidation sites excluding steroid dienone is 2. The largest absolute Gasteiger partial charge is 0.0859 e. The minimum atomic E-state index is 1.19. The summed E-state index contributed by atoms with van der Waals surface area (Å²) in [5.41, 5.74) is 1.54. The van der Waals surface area contributed by atoms with Crippen molar-refractivity contribution < 1.29 is 0 Å². The predicted molar refractivity (Wildman–Crippen MR) is 50.3 cm³/mol. The fraction of sp³-hybridized carbons (Fsp3) is 0.800. The molecule has 0 nitrogen and oxygen atoms in total. The van der Waals surface area contributed by atoms with Gasteiger partial charge in [-0.3, -0.25) is 0 Å². The second-order valence-electron chi connectivity index (χ2n) is 2.21. The van der Waals surface area contributed by atoms with Crippen LogP contribution in [-0.4, -0.2) is 0 Å². The molecular weight excluding hydrogens is 120 g/mol. The molecule has 0 saturated heterocycles. The van der Waals surface area contributed by atoms with Crippen molar-refractivity contribution >= 4 is 0 Å². The van der Waals surface area contributed by atoms with Crippen LogP contribution in [0.4, 0.5) is 0 Å². The molecule has 0 aliphatic heterocycles.